The molecule has 2 aromatic rings. The number of benzene rings is 1. The predicted molar refractivity (Wildman–Crippen MR) is 97.7 cm³/mol. The monoisotopic (exact) mass is 363 g/mol. The number of ether oxygens (including phenoxy) is 1. The van der Waals surface area contributed by atoms with Crippen molar-refractivity contribution >= 4 is 17.7 Å². The molecule has 7 heteroatoms. The van der Waals surface area contributed by atoms with E-state index in [2.05, 4.69) is 10.2 Å². The number of hydrogen-bond donors (Lipinski definition) is 0. The van der Waals surface area contributed by atoms with Crippen LogP contribution in [0, 0.1) is 6.92 Å². The first-order chi connectivity index (χ1) is 11.9. The van der Waals surface area contributed by atoms with Gasteiger partial charge in [0.15, 0.2) is 6.61 Å². The van der Waals surface area contributed by atoms with Gasteiger partial charge in [-0.05, 0) is 52.3 Å². The first-order valence-corrected chi connectivity index (χ1v) is 9.31. The Labute approximate surface area is 152 Å². The van der Waals surface area contributed by atoms with Gasteiger partial charge in [-0.1, -0.05) is 23.9 Å². The SMILES string of the molecule is Cc1cccc(OCc2nnc(SCC(=O)N(C(C)C)C(C)C)o2)c1. The zero-order chi connectivity index (χ0) is 18.4. The highest BCUT2D eigenvalue weighted by Gasteiger charge is 2.21. The van der Waals surface area contributed by atoms with E-state index in [0.717, 1.165) is 11.3 Å². The lowest BCUT2D eigenvalue weighted by molar-refractivity contribution is -0.131. The molecule has 0 unspecified atom stereocenters. The second-order valence-corrected chi connectivity index (χ2v) is 7.27. The fourth-order valence-corrected chi connectivity index (χ4v) is 3.23. The minimum Gasteiger partial charge on any atom is -0.484 e. The Kier molecular flexibility index (Phi) is 6.87. The summed E-state index contributed by atoms with van der Waals surface area (Å²) in [6.45, 7) is 10.2. The lowest BCUT2D eigenvalue weighted by Gasteiger charge is -2.30. The van der Waals surface area contributed by atoms with Crippen molar-refractivity contribution in [3.05, 3.63) is 35.7 Å². The largest absolute Gasteiger partial charge is 0.484 e. The zero-order valence-corrected chi connectivity index (χ0v) is 16.2. The summed E-state index contributed by atoms with van der Waals surface area (Å²) in [6.07, 6.45) is 0. The van der Waals surface area contributed by atoms with E-state index in [0.29, 0.717) is 11.1 Å². The van der Waals surface area contributed by atoms with Gasteiger partial charge in [0.05, 0.1) is 5.75 Å². The molecule has 1 heterocycles. The third-order valence-corrected chi connectivity index (χ3v) is 4.32. The summed E-state index contributed by atoms with van der Waals surface area (Å²) in [6, 6.07) is 8.08. The van der Waals surface area contributed by atoms with Crippen LogP contribution in [0.2, 0.25) is 0 Å². The van der Waals surface area contributed by atoms with Crippen LogP contribution in [0.25, 0.3) is 0 Å². The van der Waals surface area contributed by atoms with E-state index >= 15 is 0 Å². The molecule has 1 aromatic heterocycles. The number of nitrogens with zero attached hydrogens (tertiary/aromatic N) is 3. The first kappa shape index (κ1) is 19.3. The molecule has 25 heavy (non-hydrogen) atoms. The molecule has 0 atom stereocenters. The lowest BCUT2D eigenvalue weighted by Crippen LogP contribution is -2.43. The third-order valence-electron chi connectivity index (χ3n) is 3.52. The molecule has 0 saturated heterocycles. The summed E-state index contributed by atoms with van der Waals surface area (Å²) in [5.74, 6) is 1.48. The quantitative estimate of drug-likeness (QED) is 0.666. The van der Waals surface area contributed by atoms with Crippen LogP contribution in [-0.4, -0.2) is 38.8 Å². The van der Waals surface area contributed by atoms with Gasteiger partial charge >= 0.3 is 0 Å². The number of carbonyl (C=O) groups excluding carboxylic acids is 1. The second-order valence-electron chi connectivity index (χ2n) is 6.34. The van der Waals surface area contributed by atoms with E-state index in [4.69, 9.17) is 9.15 Å². The van der Waals surface area contributed by atoms with Gasteiger partial charge in [-0.3, -0.25) is 4.79 Å². The Morgan fingerprint density at radius 3 is 2.60 bits per heavy atom. The van der Waals surface area contributed by atoms with Crippen molar-refractivity contribution in [1.82, 2.24) is 15.1 Å². The summed E-state index contributed by atoms with van der Waals surface area (Å²) in [5, 5.41) is 8.30. The van der Waals surface area contributed by atoms with Crippen molar-refractivity contribution in [3.63, 3.8) is 0 Å². The normalized spacial score (nSPS) is 11.2. The van der Waals surface area contributed by atoms with Crippen LogP contribution in [0.1, 0.15) is 39.1 Å². The van der Waals surface area contributed by atoms with Gasteiger partial charge in [0.25, 0.3) is 11.1 Å². The second kappa shape index (κ2) is 8.89. The maximum Gasteiger partial charge on any atom is 0.277 e. The maximum atomic E-state index is 12.3. The van der Waals surface area contributed by atoms with Crippen LogP contribution >= 0.6 is 11.8 Å². The fraction of sp³-hybridized carbons (Fsp3) is 0.500. The molecule has 0 aliphatic carbocycles. The van der Waals surface area contributed by atoms with Crippen LogP contribution in [0.4, 0.5) is 0 Å². The van der Waals surface area contributed by atoms with Gasteiger partial charge < -0.3 is 14.1 Å². The predicted octanol–water partition coefficient (Wildman–Crippen LogP) is 3.69. The van der Waals surface area contributed by atoms with Crippen molar-refractivity contribution in [1.29, 1.82) is 0 Å². The number of hydrogen-bond acceptors (Lipinski definition) is 6. The van der Waals surface area contributed by atoms with E-state index in [9.17, 15) is 4.79 Å². The van der Waals surface area contributed by atoms with Crippen LogP contribution in [0.5, 0.6) is 5.75 Å². The lowest BCUT2D eigenvalue weighted by atomic mass is 10.2. The van der Waals surface area contributed by atoms with Crippen LogP contribution in [0.15, 0.2) is 33.9 Å². The molecule has 0 radical (unpaired) electrons. The van der Waals surface area contributed by atoms with Crippen molar-refractivity contribution in [2.75, 3.05) is 5.75 Å². The minimum absolute atomic E-state index is 0.0609. The molecule has 1 amide bonds. The fourth-order valence-electron chi connectivity index (χ4n) is 2.58. The average molecular weight is 363 g/mol. The molecule has 0 saturated carbocycles. The van der Waals surface area contributed by atoms with Crippen molar-refractivity contribution < 1.29 is 13.9 Å². The first-order valence-electron chi connectivity index (χ1n) is 8.32. The molecule has 0 aliphatic heterocycles. The molecule has 0 aliphatic rings. The number of rotatable bonds is 8. The molecule has 2 rings (SSSR count). The van der Waals surface area contributed by atoms with Crippen molar-refractivity contribution in [2.45, 2.75) is 58.5 Å². The molecular formula is C18H25N3O3S. The molecule has 0 fully saturated rings. The maximum absolute atomic E-state index is 12.3. The van der Waals surface area contributed by atoms with Crippen LogP contribution in [0.3, 0.4) is 0 Å². The molecule has 6 nitrogen and oxygen atoms in total. The van der Waals surface area contributed by atoms with Gasteiger partial charge in [-0.25, -0.2) is 0 Å². The number of aromatic nitrogens is 2. The highest BCUT2D eigenvalue weighted by Crippen LogP contribution is 2.19. The zero-order valence-electron chi connectivity index (χ0n) is 15.4. The standard InChI is InChI=1S/C18H25N3O3S/c1-12(2)21(13(3)4)17(22)11-25-18-20-19-16(24-18)10-23-15-8-6-7-14(5)9-15/h6-9,12-13H,10-11H2,1-5H3. The van der Waals surface area contributed by atoms with E-state index in [1.54, 1.807) is 0 Å². The van der Waals surface area contributed by atoms with Crippen LogP contribution in [-0.2, 0) is 11.4 Å². The Morgan fingerprint density at radius 2 is 1.96 bits per heavy atom. The van der Waals surface area contributed by atoms with Crippen LogP contribution < -0.4 is 4.74 Å². The number of amides is 1. The Morgan fingerprint density at radius 1 is 1.24 bits per heavy atom. The van der Waals surface area contributed by atoms with Crippen molar-refractivity contribution in [2.24, 2.45) is 0 Å². The Bertz CT molecular complexity index is 692. The molecule has 0 bridgehead atoms. The number of aryl methyl sites for hydroxylation is 1. The highest BCUT2D eigenvalue weighted by atomic mass is 32.2. The number of carbonyl (C=O) groups is 1. The van der Waals surface area contributed by atoms with E-state index < -0.39 is 0 Å². The van der Waals surface area contributed by atoms with Gasteiger partial charge in [-0.2, -0.15) is 0 Å². The molecule has 0 spiro atoms. The summed E-state index contributed by atoms with van der Waals surface area (Å²) >= 11 is 1.25. The summed E-state index contributed by atoms with van der Waals surface area (Å²) in [4.78, 5) is 14.2. The van der Waals surface area contributed by atoms with Gasteiger partial charge in [0.1, 0.15) is 5.75 Å². The van der Waals surface area contributed by atoms with E-state index in [1.807, 2.05) is 63.8 Å². The molecule has 1 aromatic carbocycles. The smallest absolute Gasteiger partial charge is 0.277 e. The minimum atomic E-state index is 0.0609. The molecule has 136 valence electrons. The Hall–Kier alpha value is -2.02. The molecular weight excluding hydrogens is 338 g/mol. The summed E-state index contributed by atoms with van der Waals surface area (Å²) in [7, 11) is 0. The van der Waals surface area contributed by atoms with E-state index in [1.165, 1.54) is 11.8 Å². The topological polar surface area (TPSA) is 68.5 Å². The van der Waals surface area contributed by atoms with Gasteiger partial charge in [-0.15, -0.1) is 10.2 Å². The van der Waals surface area contributed by atoms with E-state index in [-0.39, 0.29) is 30.4 Å². The Balaban J connectivity index is 1.86. The molecule has 0 N–H and O–H groups in total. The average Bonchev–Trinajstić information content (AvgIpc) is 2.98. The van der Waals surface area contributed by atoms with Gasteiger partial charge in [0, 0.05) is 12.1 Å². The summed E-state index contributed by atoms with van der Waals surface area (Å²) < 4.78 is 11.2. The number of thioether (sulfide) groups is 1. The summed E-state index contributed by atoms with van der Waals surface area (Å²) in [5.41, 5.74) is 1.12. The highest BCUT2D eigenvalue weighted by molar-refractivity contribution is 7.99. The third kappa shape index (κ3) is 5.77. The van der Waals surface area contributed by atoms with Crippen molar-refractivity contribution in [3.8, 4) is 5.75 Å². The van der Waals surface area contributed by atoms with Gasteiger partial charge in [0.2, 0.25) is 5.91 Å².